The van der Waals surface area contributed by atoms with Gasteiger partial charge in [-0.3, -0.25) is 0 Å². The van der Waals surface area contributed by atoms with Crippen molar-refractivity contribution in [2.24, 2.45) is 11.8 Å². The smallest absolute Gasteiger partial charge is 0.339 e. The molecule has 0 aliphatic rings. The molecule has 0 unspecified atom stereocenters. The van der Waals surface area contributed by atoms with Gasteiger partial charge in [-0.05, 0) is 19.4 Å². The number of aliphatic hydroxyl groups is 4. The minimum Gasteiger partial charge on any atom is -0.508 e. The molecule has 158 valence electrons. The van der Waals surface area contributed by atoms with Gasteiger partial charge in [0.15, 0.2) is 0 Å². The number of rotatable bonds is 10. The van der Waals surface area contributed by atoms with Gasteiger partial charge in [0.25, 0.3) is 0 Å². The van der Waals surface area contributed by atoms with Gasteiger partial charge < -0.3 is 29.9 Å². The highest BCUT2D eigenvalue weighted by atomic mass is 16.4. The predicted molar refractivity (Wildman–Crippen MR) is 106 cm³/mol. The fraction of sp³-hybridized carbons (Fsp3) is 0.571. The van der Waals surface area contributed by atoms with Gasteiger partial charge in [0, 0.05) is 30.7 Å². The van der Waals surface area contributed by atoms with Crippen LogP contribution in [0.15, 0.2) is 45.1 Å². The molecule has 0 aliphatic heterocycles. The van der Waals surface area contributed by atoms with E-state index in [1.807, 2.05) is 26.8 Å². The fourth-order valence-corrected chi connectivity index (χ4v) is 2.81. The van der Waals surface area contributed by atoms with Crippen molar-refractivity contribution in [3.05, 3.63) is 52.1 Å². The number of allylic oxidation sites excluding steroid dienone is 1. The number of hydrogen-bond donors (Lipinski definition) is 5. The summed E-state index contributed by atoms with van der Waals surface area (Å²) in [5.41, 5.74) is 0.114. The topological polar surface area (TPSA) is 131 Å². The van der Waals surface area contributed by atoms with Crippen molar-refractivity contribution < 1.29 is 29.9 Å². The first kappa shape index (κ1) is 24.1. The highest BCUT2D eigenvalue weighted by molar-refractivity contribution is 5.18. The van der Waals surface area contributed by atoms with Crippen molar-refractivity contribution in [1.29, 1.82) is 0 Å². The van der Waals surface area contributed by atoms with Crippen LogP contribution < -0.4 is 5.63 Å². The molecule has 1 aromatic heterocycles. The third kappa shape index (κ3) is 7.59. The van der Waals surface area contributed by atoms with Gasteiger partial charge in [0.2, 0.25) is 0 Å². The highest BCUT2D eigenvalue weighted by Crippen LogP contribution is 2.19. The molecule has 7 nitrogen and oxygen atoms in total. The average Bonchev–Trinajstić information content (AvgIpc) is 2.62. The van der Waals surface area contributed by atoms with Gasteiger partial charge in [-0.1, -0.05) is 32.1 Å². The van der Waals surface area contributed by atoms with Crippen LogP contribution in [0, 0.1) is 11.8 Å². The lowest BCUT2D eigenvalue weighted by atomic mass is 9.91. The summed E-state index contributed by atoms with van der Waals surface area (Å²) in [7, 11) is 0. The SMILES string of the molecule is C/C=C(\C)[C@H](O)[C@@H](C)/C=C/[C@H](O)[C@@H](C)[C@@H](O)C[C@@H](O)Cc1cc(O)cc(=O)o1. The zero-order valence-corrected chi connectivity index (χ0v) is 16.8. The second kappa shape index (κ2) is 11.2. The van der Waals surface area contributed by atoms with Crippen LogP contribution in [-0.2, 0) is 6.42 Å². The molecule has 7 heteroatoms. The zero-order valence-electron chi connectivity index (χ0n) is 16.8. The molecular formula is C21H32O7. The Morgan fingerprint density at radius 1 is 1.14 bits per heavy atom. The molecule has 28 heavy (non-hydrogen) atoms. The molecule has 6 atom stereocenters. The van der Waals surface area contributed by atoms with Crippen LogP contribution >= 0.6 is 0 Å². The molecule has 1 heterocycles. The Labute approximate surface area is 165 Å². The Hall–Kier alpha value is -1.93. The summed E-state index contributed by atoms with van der Waals surface area (Å²) in [5.74, 6) is -0.902. The summed E-state index contributed by atoms with van der Waals surface area (Å²) >= 11 is 0. The van der Waals surface area contributed by atoms with E-state index in [9.17, 15) is 30.3 Å². The third-order valence-electron chi connectivity index (χ3n) is 4.93. The maximum absolute atomic E-state index is 11.2. The Morgan fingerprint density at radius 3 is 2.36 bits per heavy atom. The normalized spacial score (nSPS) is 19.2. The molecule has 0 aliphatic carbocycles. The Balaban J connectivity index is 2.61. The van der Waals surface area contributed by atoms with Crippen LogP contribution in [0.25, 0.3) is 0 Å². The van der Waals surface area contributed by atoms with Crippen molar-refractivity contribution in [2.75, 3.05) is 0 Å². The van der Waals surface area contributed by atoms with E-state index in [2.05, 4.69) is 0 Å². The van der Waals surface area contributed by atoms with Crippen molar-refractivity contribution >= 4 is 0 Å². The van der Waals surface area contributed by atoms with E-state index in [1.54, 1.807) is 13.0 Å². The lowest BCUT2D eigenvalue weighted by Gasteiger charge is -2.24. The van der Waals surface area contributed by atoms with Gasteiger partial charge in [0.1, 0.15) is 11.5 Å². The van der Waals surface area contributed by atoms with E-state index in [1.165, 1.54) is 12.1 Å². The van der Waals surface area contributed by atoms with E-state index < -0.39 is 36.0 Å². The number of aliphatic hydroxyl groups excluding tert-OH is 4. The second-order valence-electron chi connectivity index (χ2n) is 7.33. The Bertz CT molecular complexity index is 722. The van der Waals surface area contributed by atoms with Crippen LogP contribution in [-0.4, -0.2) is 49.9 Å². The van der Waals surface area contributed by atoms with Crippen molar-refractivity contribution in [3.8, 4) is 5.75 Å². The lowest BCUT2D eigenvalue weighted by Crippen LogP contribution is -2.32. The average molecular weight is 396 g/mol. The summed E-state index contributed by atoms with van der Waals surface area (Å²) in [6.07, 6.45) is 1.34. The minimum atomic E-state index is -1.02. The maximum atomic E-state index is 11.2. The lowest BCUT2D eigenvalue weighted by molar-refractivity contribution is 0.00848. The molecule has 0 spiro atoms. The van der Waals surface area contributed by atoms with Crippen LogP contribution in [0.1, 0.15) is 39.9 Å². The standard InChI is InChI=1S/C21H32O7/c1-5-12(2)21(27)13(3)6-7-18(24)14(4)19(25)10-15(22)8-17-9-16(23)11-20(26)28-17/h5-7,9,11,13-15,18-19,21-25,27H,8,10H2,1-4H3/b7-6+,12-5+/t13-,14+,15-,18-,19-,21-/m0/s1. The number of aromatic hydroxyl groups is 1. The third-order valence-corrected chi connectivity index (χ3v) is 4.93. The van der Waals surface area contributed by atoms with Gasteiger partial charge in [0.05, 0.1) is 30.5 Å². The van der Waals surface area contributed by atoms with Gasteiger partial charge in [-0.15, -0.1) is 0 Å². The first-order valence-corrected chi connectivity index (χ1v) is 9.41. The Kier molecular flexibility index (Phi) is 9.61. The fourth-order valence-electron chi connectivity index (χ4n) is 2.81. The first-order valence-electron chi connectivity index (χ1n) is 9.41. The van der Waals surface area contributed by atoms with Crippen molar-refractivity contribution in [1.82, 2.24) is 0 Å². The molecule has 0 saturated carbocycles. The minimum absolute atomic E-state index is 0.0404. The van der Waals surface area contributed by atoms with Gasteiger partial charge in [-0.25, -0.2) is 4.79 Å². The van der Waals surface area contributed by atoms with Gasteiger partial charge in [-0.2, -0.15) is 0 Å². The monoisotopic (exact) mass is 396 g/mol. The molecule has 0 saturated heterocycles. The van der Waals surface area contributed by atoms with Crippen molar-refractivity contribution in [3.63, 3.8) is 0 Å². The summed E-state index contributed by atoms with van der Waals surface area (Å²) in [4.78, 5) is 11.2. The molecule has 0 aromatic carbocycles. The van der Waals surface area contributed by atoms with E-state index in [0.717, 1.165) is 11.6 Å². The molecule has 0 amide bonds. The van der Waals surface area contributed by atoms with Crippen LogP contribution in [0.2, 0.25) is 0 Å². The Morgan fingerprint density at radius 2 is 1.79 bits per heavy atom. The largest absolute Gasteiger partial charge is 0.508 e. The molecule has 5 N–H and O–H groups in total. The second-order valence-corrected chi connectivity index (χ2v) is 7.33. The summed E-state index contributed by atoms with van der Waals surface area (Å²) in [6.45, 7) is 7.15. The van der Waals surface area contributed by atoms with E-state index >= 15 is 0 Å². The molecule has 0 fully saturated rings. The van der Waals surface area contributed by atoms with Crippen LogP contribution in [0.3, 0.4) is 0 Å². The molecule has 1 aromatic rings. The van der Waals surface area contributed by atoms with Crippen LogP contribution in [0.5, 0.6) is 5.75 Å². The van der Waals surface area contributed by atoms with Crippen molar-refractivity contribution in [2.45, 2.75) is 65.0 Å². The first-order chi connectivity index (χ1) is 13.0. The van der Waals surface area contributed by atoms with E-state index in [0.29, 0.717) is 0 Å². The summed E-state index contributed by atoms with van der Waals surface area (Å²) < 4.78 is 4.89. The highest BCUT2D eigenvalue weighted by Gasteiger charge is 2.24. The van der Waals surface area contributed by atoms with Gasteiger partial charge >= 0.3 is 5.63 Å². The number of hydrogen-bond acceptors (Lipinski definition) is 7. The van der Waals surface area contributed by atoms with Crippen LogP contribution in [0.4, 0.5) is 0 Å². The summed E-state index contributed by atoms with van der Waals surface area (Å²) in [6, 6.07) is 2.16. The van der Waals surface area contributed by atoms with E-state index in [4.69, 9.17) is 4.42 Å². The molecule has 1 rings (SSSR count). The summed E-state index contributed by atoms with van der Waals surface area (Å²) in [5, 5.41) is 50.2. The molecule has 0 bridgehead atoms. The maximum Gasteiger partial charge on any atom is 0.339 e. The zero-order chi connectivity index (χ0) is 21.4. The molecule has 0 radical (unpaired) electrons. The quantitative estimate of drug-likeness (QED) is 0.379. The predicted octanol–water partition coefficient (Wildman–Crippen LogP) is 1.52. The molecular weight excluding hydrogens is 364 g/mol. The van der Waals surface area contributed by atoms with E-state index in [-0.39, 0.29) is 30.3 Å².